The minimum Gasteiger partial charge on any atom is -0.497 e. The molecule has 0 aliphatic heterocycles. The predicted molar refractivity (Wildman–Crippen MR) is 117 cm³/mol. The molecule has 2 aromatic heterocycles. The molecule has 0 saturated heterocycles. The highest BCUT2D eigenvalue weighted by atomic mass is 32.1. The van der Waals surface area contributed by atoms with E-state index in [9.17, 15) is 9.59 Å². The van der Waals surface area contributed by atoms with Gasteiger partial charge in [-0.2, -0.15) is 9.72 Å². The molecule has 2 heterocycles. The van der Waals surface area contributed by atoms with E-state index in [1.54, 1.807) is 57.5 Å². The van der Waals surface area contributed by atoms with Crippen molar-refractivity contribution in [3.8, 4) is 5.75 Å². The maximum atomic E-state index is 11.9. The Balaban J connectivity index is 1.75. The van der Waals surface area contributed by atoms with Crippen LogP contribution in [0.15, 0.2) is 44.1 Å². The first-order valence-corrected chi connectivity index (χ1v) is 10.4. The Morgan fingerprint density at radius 3 is 2.75 bits per heavy atom. The summed E-state index contributed by atoms with van der Waals surface area (Å²) < 4.78 is 16.6. The first kappa shape index (κ1) is 23.0. The normalized spacial score (nSPS) is 11.8. The standard InChI is InChI=1S/C20H23N5O6S/c1-20(2,3)30-18(26)23-17-21-13(11-32-17)10-29-24-15(16-22-19(27)31-25(16)4)12-7-6-8-14(9-12)28-5/h6-9,11H,10H2,1-5H3,(H,21,23,26)/b24-15-. The summed E-state index contributed by atoms with van der Waals surface area (Å²) in [5.74, 6) is 0.0327. The van der Waals surface area contributed by atoms with Crippen LogP contribution in [0.2, 0.25) is 0 Å². The van der Waals surface area contributed by atoms with Crippen molar-refractivity contribution in [1.82, 2.24) is 14.7 Å². The molecule has 0 aliphatic carbocycles. The number of aryl methyl sites for hydroxylation is 1. The highest BCUT2D eigenvalue weighted by molar-refractivity contribution is 7.13. The molecule has 3 rings (SSSR count). The molecule has 0 aliphatic rings. The van der Waals surface area contributed by atoms with Gasteiger partial charge in [-0.05, 0) is 32.9 Å². The number of hydrogen-bond acceptors (Lipinski definition) is 10. The van der Waals surface area contributed by atoms with Crippen molar-refractivity contribution in [3.63, 3.8) is 0 Å². The largest absolute Gasteiger partial charge is 0.497 e. The molecule has 0 radical (unpaired) electrons. The first-order chi connectivity index (χ1) is 15.1. The summed E-state index contributed by atoms with van der Waals surface area (Å²) in [4.78, 5) is 37.0. The molecular weight excluding hydrogens is 438 g/mol. The monoisotopic (exact) mass is 461 g/mol. The molecule has 0 saturated carbocycles. The maximum absolute atomic E-state index is 11.9. The maximum Gasteiger partial charge on any atom is 0.460 e. The van der Waals surface area contributed by atoms with E-state index in [0.717, 1.165) is 0 Å². The summed E-state index contributed by atoms with van der Waals surface area (Å²) in [6.07, 6.45) is -0.593. The number of rotatable bonds is 7. The van der Waals surface area contributed by atoms with Crippen LogP contribution in [0.4, 0.5) is 9.93 Å². The lowest BCUT2D eigenvalue weighted by Gasteiger charge is -2.18. The average Bonchev–Trinajstić information content (AvgIpc) is 3.29. The van der Waals surface area contributed by atoms with Crippen molar-refractivity contribution in [1.29, 1.82) is 0 Å². The fourth-order valence-electron chi connectivity index (χ4n) is 2.52. The van der Waals surface area contributed by atoms with Gasteiger partial charge in [-0.1, -0.05) is 17.3 Å². The summed E-state index contributed by atoms with van der Waals surface area (Å²) in [6, 6.07) is 7.05. The minimum atomic E-state index is -0.754. The number of nitrogens with one attached hydrogen (secondary N) is 1. The molecule has 170 valence electrons. The number of hydrogen-bond donors (Lipinski definition) is 1. The van der Waals surface area contributed by atoms with Crippen molar-refractivity contribution < 1.29 is 23.6 Å². The number of nitrogens with zero attached hydrogens (tertiary/aromatic N) is 4. The van der Waals surface area contributed by atoms with Crippen LogP contribution in [0.3, 0.4) is 0 Å². The summed E-state index contributed by atoms with van der Waals surface area (Å²) in [5.41, 5.74) is 0.821. The van der Waals surface area contributed by atoms with Crippen LogP contribution in [-0.4, -0.2) is 39.2 Å². The van der Waals surface area contributed by atoms with Gasteiger partial charge >= 0.3 is 11.8 Å². The Morgan fingerprint density at radius 1 is 1.31 bits per heavy atom. The Morgan fingerprint density at radius 2 is 2.09 bits per heavy atom. The van der Waals surface area contributed by atoms with Crippen molar-refractivity contribution in [2.24, 2.45) is 12.2 Å². The number of anilines is 1. The van der Waals surface area contributed by atoms with Crippen LogP contribution in [0.25, 0.3) is 0 Å². The number of aromatic nitrogens is 3. The molecule has 3 aromatic rings. The van der Waals surface area contributed by atoms with Crippen molar-refractivity contribution in [3.05, 3.63) is 57.3 Å². The fraction of sp³-hybridized carbons (Fsp3) is 0.350. The van der Waals surface area contributed by atoms with E-state index in [0.29, 0.717) is 22.1 Å². The summed E-state index contributed by atoms with van der Waals surface area (Å²) >= 11 is 1.23. The number of thiazole rings is 1. The smallest absolute Gasteiger partial charge is 0.460 e. The lowest BCUT2D eigenvalue weighted by molar-refractivity contribution is 0.0635. The average molecular weight is 462 g/mol. The number of methoxy groups -OCH3 is 1. The van der Waals surface area contributed by atoms with E-state index in [1.807, 2.05) is 0 Å². The molecule has 0 fully saturated rings. The number of ether oxygens (including phenoxy) is 2. The predicted octanol–water partition coefficient (Wildman–Crippen LogP) is 3.15. The van der Waals surface area contributed by atoms with Crippen LogP contribution in [0.1, 0.15) is 37.9 Å². The molecule has 1 N–H and O–H groups in total. The quantitative estimate of drug-likeness (QED) is 0.419. The third-order valence-corrected chi connectivity index (χ3v) is 4.60. The van der Waals surface area contributed by atoms with Crippen LogP contribution in [0, 0.1) is 0 Å². The van der Waals surface area contributed by atoms with Crippen molar-refractivity contribution in [2.75, 3.05) is 12.4 Å². The second-order valence-corrected chi connectivity index (χ2v) is 8.36. The molecule has 1 aromatic carbocycles. The minimum absolute atomic E-state index is 0.0196. The molecule has 12 heteroatoms. The van der Waals surface area contributed by atoms with Gasteiger partial charge in [0.1, 0.15) is 11.4 Å². The van der Waals surface area contributed by atoms with Gasteiger partial charge in [-0.15, -0.1) is 11.3 Å². The number of amides is 1. The van der Waals surface area contributed by atoms with E-state index in [4.69, 9.17) is 18.8 Å². The third-order valence-electron chi connectivity index (χ3n) is 3.79. The van der Waals surface area contributed by atoms with Crippen molar-refractivity contribution in [2.45, 2.75) is 33.0 Å². The van der Waals surface area contributed by atoms with E-state index in [2.05, 4.69) is 20.4 Å². The number of oxime groups is 1. The van der Waals surface area contributed by atoms with Gasteiger partial charge in [0, 0.05) is 18.0 Å². The Hall–Kier alpha value is -3.67. The summed E-state index contributed by atoms with van der Waals surface area (Å²) in [6.45, 7) is 5.34. The highest BCUT2D eigenvalue weighted by Gasteiger charge is 2.19. The van der Waals surface area contributed by atoms with Gasteiger partial charge in [0.2, 0.25) is 0 Å². The number of benzene rings is 1. The number of carbonyl (C=O) groups excluding carboxylic acids is 1. The Labute approximate surface area is 187 Å². The zero-order valence-electron chi connectivity index (χ0n) is 18.2. The third kappa shape index (κ3) is 6.17. The van der Waals surface area contributed by atoms with E-state index in [1.165, 1.54) is 23.1 Å². The highest BCUT2D eigenvalue weighted by Crippen LogP contribution is 2.19. The second-order valence-electron chi connectivity index (χ2n) is 7.51. The summed E-state index contributed by atoms with van der Waals surface area (Å²) in [7, 11) is 3.08. The van der Waals surface area contributed by atoms with Gasteiger partial charge in [0.25, 0.3) is 0 Å². The number of carbonyl (C=O) groups is 1. The fourth-order valence-corrected chi connectivity index (χ4v) is 3.20. The van der Waals surface area contributed by atoms with E-state index >= 15 is 0 Å². The zero-order chi connectivity index (χ0) is 23.3. The van der Waals surface area contributed by atoms with Crippen LogP contribution in [0.5, 0.6) is 5.75 Å². The SMILES string of the molecule is COc1cccc(/C(=N/OCc2csc(NC(=O)OC(C)(C)C)n2)c2nc(=O)on2C)c1. The molecule has 0 unspecified atom stereocenters. The molecule has 32 heavy (non-hydrogen) atoms. The van der Waals surface area contributed by atoms with E-state index in [-0.39, 0.29) is 18.1 Å². The van der Waals surface area contributed by atoms with Crippen LogP contribution in [-0.2, 0) is 23.2 Å². The van der Waals surface area contributed by atoms with E-state index < -0.39 is 17.5 Å². The molecule has 11 nitrogen and oxygen atoms in total. The van der Waals surface area contributed by atoms with Gasteiger partial charge < -0.3 is 18.8 Å². The van der Waals surface area contributed by atoms with Gasteiger partial charge in [-0.3, -0.25) is 5.32 Å². The molecule has 0 spiro atoms. The zero-order valence-corrected chi connectivity index (χ0v) is 19.1. The van der Waals surface area contributed by atoms with Crippen molar-refractivity contribution >= 4 is 28.3 Å². The lowest BCUT2D eigenvalue weighted by atomic mass is 10.1. The lowest BCUT2D eigenvalue weighted by Crippen LogP contribution is -2.27. The van der Waals surface area contributed by atoms with Gasteiger partial charge in [0.15, 0.2) is 23.3 Å². The summed E-state index contributed by atoms with van der Waals surface area (Å²) in [5, 5.41) is 8.82. The Bertz CT molecular complexity index is 1170. The molecule has 0 atom stereocenters. The molecular formula is C20H23N5O6S. The molecule has 1 amide bonds. The van der Waals surface area contributed by atoms with Gasteiger partial charge in [-0.25, -0.2) is 14.6 Å². The van der Waals surface area contributed by atoms with Crippen LogP contribution >= 0.6 is 11.3 Å². The Kier molecular flexibility index (Phi) is 6.93. The van der Waals surface area contributed by atoms with Gasteiger partial charge in [0.05, 0.1) is 12.8 Å². The second kappa shape index (κ2) is 9.64. The van der Waals surface area contributed by atoms with Crippen LogP contribution < -0.4 is 15.8 Å². The topological polar surface area (TPSA) is 130 Å². The molecule has 0 bridgehead atoms. The first-order valence-electron chi connectivity index (χ1n) is 9.48.